The lowest BCUT2D eigenvalue weighted by atomic mass is 9.72. The average molecular weight is 196 g/mol. The Morgan fingerprint density at radius 2 is 2.29 bits per heavy atom. The van der Waals surface area contributed by atoms with Gasteiger partial charge in [-0.05, 0) is 18.9 Å². The highest BCUT2D eigenvalue weighted by molar-refractivity contribution is 5.80. The van der Waals surface area contributed by atoms with Crippen molar-refractivity contribution in [1.29, 1.82) is 0 Å². The van der Waals surface area contributed by atoms with Crippen molar-refractivity contribution in [2.45, 2.75) is 32.2 Å². The van der Waals surface area contributed by atoms with Crippen LogP contribution in [0.5, 0.6) is 0 Å². The van der Waals surface area contributed by atoms with E-state index in [1.54, 1.807) is 0 Å². The van der Waals surface area contributed by atoms with Crippen molar-refractivity contribution in [1.82, 2.24) is 10.2 Å². The van der Waals surface area contributed by atoms with Gasteiger partial charge in [0.25, 0.3) is 0 Å². The van der Waals surface area contributed by atoms with Crippen molar-refractivity contribution in [3.05, 3.63) is 0 Å². The van der Waals surface area contributed by atoms with Crippen LogP contribution < -0.4 is 5.32 Å². The van der Waals surface area contributed by atoms with Gasteiger partial charge in [-0.25, -0.2) is 0 Å². The smallest absolute Gasteiger partial charge is 0.223 e. The first kappa shape index (κ1) is 9.97. The molecule has 0 radical (unpaired) electrons. The molecular formula is C11H20N2O. The summed E-state index contributed by atoms with van der Waals surface area (Å²) >= 11 is 0. The number of nitrogens with zero attached hydrogens (tertiary/aromatic N) is 1. The number of hydrogen-bond acceptors (Lipinski definition) is 2. The highest BCUT2D eigenvalue weighted by Gasteiger charge is 2.53. The molecule has 2 saturated heterocycles. The van der Waals surface area contributed by atoms with Crippen LogP contribution in [-0.2, 0) is 4.79 Å². The molecule has 3 nitrogen and oxygen atoms in total. The van der Waals surface area contributed by atoms with Crippen LogP contribution in [0.2, 0.25) is 0 Å². The molecule has 0 aromatic heterocycles. The second-order valence-corrected chi connectivity index (χ2v) is 4.95. The molecule has 0 saturated carbocycles. The van der Waals surface area contributed by atoms with E-state index >= 15 is 0 Å². The normalized spacial score (nSPS) is 37.9. The number of likely N-dealkylation sites (tertiary alicyclic amines) is 1. The Bertz CT molecular complexity index is 252. The molecule has 80 valence electrons. The first-order valence-corrected chi connectivity index (χ1v) is 5.56. The zero-order valence-corrected chi connectivity index (χ0v) is 9.34. The van der Waals surface area contributed by atoms with Crippen LogP contribution in [0.15, 0.2) is 0 Å². The van der Waals surface area contributed by atoms with Crippen LogP contribution in [0.3, 0.4) is 0 Å². The van der Waals surface area contributed by atoms with Gasteiger partial charge < -0.3 is 10.2 Å². The molecule has 0 spiro atoms. The van der Waals surface area contributed by atoms with E-state index in [0.29, 0.717) is 17.7 Å². The standard InChI is InChI=1S/C11H20N2O/c1-8(2)11-4-5-12-7-9(11)6-10(14)13(11)3/h8-9,12H,4-7H2,1-3H3. The lowest BCUT2D eigenvalue weighted by molar-refractivity contribution is -0.131. The third-order valence-corrected chi connectivity index (χ3v) is 4.22. The van der Waals surface area contributed by atoms with Gasteiger partial charge in [-0.3, -0.25) is 4.79 Å². The minimum Gasteiger partial charge on any atom is -0.339 e. The van der Waals surface area contributed by atoms with Gasteiger partial charge in [0.15, 0.2) is 0 Å². The minimum atomic E-state index is 0.141. The molecule has 2 aliphatic heterocycles. The van der Waals surface area contributed by atoms with Crippen molar-refractivity contribution in [3.63, 3.8) is 0 Å². The quantitative estimate of drug-likeness (QED) is 0.674. The summed E-state index contributed by atoms with van der Waals surface area (Å²) in [5, 5.41) is 3.40. The van der Waals surface area contributed by atoms with Crippen molar-refractivity contribution >= 4 is 5.91 Å². The Morgan fingerprint density at radius 1 is 1.57 bits per heavy atom. The van der Waals surface area contributed by atoms with E-state index in [4.69, 9.17) is 0 Å². The predicted octanol–water partition coefficient (Wildman–Crippen LogP) is 0.853. The fourth-order valence-electron chi connectivity index (χ4n) is 3.36. The first-order chi connectivity index (χ1) is 6.59. The first-order valence-electron chi connectivity index (χ1n) is 5.56. The van der Waals surface area contributed by atoms with Crippen molar-refractivity contribution in [3.8, 4) is 0 Å². The molecule has 3 heteroatoms. The van der Waals surface area contributed by atoms with E-state index in [-0.39, 0.29) is 5.54 Å². The topological polar surface area (TPSA) is 32.3 Å². The highest BCUT2D eigenvalue weighted by Crippen LogP contribution is 2.44. The molecule has 0 aromatic rings. The van der Waals surface area contributed by atoms with Gasteiger partial charge >= 0.3 is 0 Å². The molecule has 2 unspecified atom stereocenters. The van der Waals surface area contributed by atoms with Gasteiger partial charge in [0.1, 0.15) is 0 Å². The lowest BCUT2D eigenvalue weighted by Gasteiger charge is -2.47. The minimum absolute atomic E-state index is 0.141. The Balaban J connectivity index is 2.34. The number of amides is 1. The predicted molar refractivity (Wildman–Crippen MR) is 55.9 cm³/mol. The molecule has 2 atom stereocenters. The number of hydrogen-bond donors (Lipinski definition) is 1. The summed E-state index contributed by atoms with van der Waals surface area (Å²) in [6, 6.07) is 0. The number of carbonyl (C=O) groups excluding carboxylic acids is 1. The molecule has 2 rings (SSSR count). The fourth-order valence-corrected chi connectivity index (χ4v) is 3.36. The molecule has 2 heterocycles. The third kappa shape index (κ3) is 1.11. The number of piperidine rings is 1. The fraction of sp³-hybridized carbons (Fsp3) is 0.909. The van der Waals surface area contributed by atoms with E-state index in [0.717, 1.165) is 25.9 Å². The molecular weight excluding hydrogens is 176 g/mol. The largest absolute Gasteiger partial charge is 0.339 e. The van der Waals surface area contributed by atoms with Crippen LogP contribution in [-0.4, -0.2) is 36.5 Å². The number of nitrogens with one attached hydrogen (secondary N) is 1. The maximum Gasteiger partial charge on any atom is 0.223 e. The maximum atomic E-state index is 11.7. The Labute approximate surface area is 85.8 Å². The molecule has 0 bridgehead atoms. The SMILES string of the molecule is CC(C)C12CCNCC1CC(=O)N2C. The zero-order valence-electron chi connectivity index (χ0n) is 9.34. The maximum absolute atomic E-state index is 11.7. The van der Waals surface area contributed by atoms with E-state index in [2.05, 4.69) is 19.2 Å². The molecule has 0 aliphatic carbocycles. The Hall–Kier alpha value is -0.570. The summed E-state index contributed by atoms with van der Waals surface area (Å²) in [7, 11) is 1.98. The van der Waals surface area contributed by atoms with Gasteiger partial charge in [0.2, 0.25) is 5.91 Å². The van der Waals surface area contributed by atoms with Gasteiger partial charge in [0, 0.05) is 25.9 Å². The summed E-state index contributed by atoms with van der Waals surface area (Å²) in [6.45, 7) is 6.54. The third-order valence-electron chi connectivity index (χ3n) is 4.22. The summed E-state index contributed by atoms with van der Waals surface area (Å²) in [5.74, 6) is 1.41. The van der Waals surface area contributed by atoms with Gasteiger partial charge in [-0.15, -0.1) is 0 Å². The molecule has 2 fully saturated rings. The molecule has 2 aliphatic rings. The van der Waals surface area contributed by atoms with E-state index in [9.17, 15) is 4.79 Å². The number of carbonyl (C=O) groups is 1. The average Bonchev–Trinajstić information content (AvgIpc) is 2.41. The van der Waals surface area contributed by atoms with Crippen LogP contribution in [0, 0.1) is 11.8 Å². The monoisotopic (exact) mass is 196 g/mol. The van der Waals surface area contributed by atoms with E-state index in [1.807, 2.05) is 11.9 Å². The molecule has 0 aromatic carbocycles. The van der Waals surface area contributed by atoms with Crippen LogP contribution >= 0.6 is 0 Å². The van der Waals surface area contributed by atoms with Crippen molar-refractivity contribution in [2.24, 2.45) is 11.8 Å². The lowest BCUT2D eigenvalue weighted by Crippen LogP contribution is -2.57. The summed E-state index contributed by atoms with van der Waals surface area (Å²) in [6.07, 6.45) is 1.85. The molecule has 14 heavy (non-hydrogen) atoms. The Morgan fingerprint density at radius 3 is 2.86 bits per heavy atom. The zero-order chi connectivity index (χ0) is 10.3. The van der Waals surface area contributed by atoms with Crippen molar-refractivity contribution in [2.75, 3.05) is 20.1 Å². The van der Waals surface area contributed by atoms with Crippen molar-refractivity contribution < 1.29 is 4.79 Å². The van der Waals surface area contributed by atoms with Gasteiger partial charge in [0.05, 0.1) is 5.54 Å². The summed E-state index contributed by atoms with van der Waals surface area (Å²) < 4.78 is 0. The van der Waals surface area contributed by atoms with Crippen LogP contribution in [0.1, 0.15) is 26.7 Å². The second-order valence-electron chi connectivity index (χ2n) is 4.95. The Kier molecular flexibility index (Phi) is 2.30. The van der Waals surface area contributed by atoms with E-state index < -0.39 is 0 Å². The highest BCUT2D eigenvalue weighted by atomic mass is 16.2. The van der Waals surface area contributed by atoms with Crippen LogP contribution in [0.25, 0.3) is 0 Å². The summed E-state index contributed by atoms with van der Waals surface area (Å²) in [4.78, 5) is 13.8. The molecule has 1 N–H and O–H groups in total. The van der Waals surface area contributed by atoms with Gasteiger partial charge in [-0.2, -0.15) is 0 Å². The van der Waals surface area contributed by atoms with E-state index in [1.165, 1.54) is 0 Å². The summed E-state index contributed by atoms with van der Waals surface area (Å²) in [5.41, 5.74) is 0.141. The molecule has 1 amide bonds. The number of rotatable bonds is 1. The number of fused-ring (bicyclic) bond motifs is 1. The second kappa shape index (κ2) is 3.23. The van der Waals surface area contributed by atoms with Gasteiger partial charge in [-0.1, -0.05) is 13.8 Å². The van der Waals surface area contributed by atoms with Crippen LogP contribution in [0.4, 0.5) is 0 Å².